The van der Waals surface area contributed by atoms with Crippen molar-refractivity contribution in [3.8, 4) is 5.75 Å². The van der Waals surface area contributed by atoms with E-state index in [1.165, 1.54) is 0 Å². The zero-order valence-electron chi connectivity index (χ0n) is 24.1. The van der Waals surface area contributed by atoms with E-state index in [0.717, 1.165) is 23.7 Å². The number of sulfonamides is 1. The summed E-state index contributed by atoms with van der Waals surface area (Å²) in [5.41, 5.74) is 2.80. The second-order valence-electron chi connectivity index (χ2n) is 10.8. The van der Waals surface area contributed by atoms with E-state index >= 15 is 0 Å². The van der Waals surface area contributed by atoms with Gasteiger partial charge in [0, 0.05) is 19.6 Å². The molecule has 1 aliphatic carbocycles. The average Bonchev–Trinajstić information content (AvgIpc) is 3.32. The predicted molar refractivity (Wildman–Crippen MR) is 155 cm³/mol. The molecule has 2 aliphatic rings. The second kappa shape index (κ2) is 14.2. The highest BCUT2D eigenvalue weighted by Gasteiger charge is 2.37. The summed E-state index contributed by atoms with van der Waals surface area (Å²) in [6.45, 7) is 0.259. The maximum absolute atomic E-state index is 13.6. The van der Waals surface area contributed by atoms with Gasteiger partial charge in [0.1, 0.15) is 11.8 Å². The van der Waals surface area contributed by atoms with Crippen LogP contribution in [0, 0.1) is 0 Å². The number of rotatable bonds is 7. The summed E-state index contributed by atoms with van der Waals surface area (Å²) in [6.07, 6.45) is -3.57. The van der Waals surface area contributed by atoms with Crippen LogP contribution in [0.1, 0.15) is 48.1 Å². The summed E-state index contributed by atoms with van der Waals surface area (Å²) >= 11 is 0. The molecule has 4 rings (SSSR count). The number of fused-ring (bicyclic) bond motifs is 5. The van der Waals surface area contributed by atoms with Crippen molar-refractivity contribution in [3.05, 3.63) is 77.4 Å². The lowest BCUT2D eigenvalue weighted by molar-refractivity contribution is -0.130. The SMILES string of the molecule is COc1ccc2c(c1)[C@@H]1C[C@H]2OC/C=C/C[C@H](N(C)S(=O)(=O)CCC(F)(F)F)C(=O)N[C@@H](Cc2ccccc2)[C@H](O)CN1. The molecule has 1 heterocycles. The highest BCUT2D eigenvalue weighted by Crippen LogP contribution is 2.42. The zero-order chi connectivity index (χ0) is 31.2. The quantitative estimate of drug-likeness (QED) is 0.404. The van der Waals surface area contributed by atoms with Crippen molar-refractivity contribution in [2.24, 2.45) is 0 Å². The number of aliphatic hydroxyl groups is 1. The Bertz CT molecular complexity index is 1370. The zero-order valence-corrected chi connectivity index (χ0v) is 24.9. The maximum atomic E-state index is 13.6. The number of benzene rings is 2. The molecule has 43 heavy (non-hydrogen) atoms. The highest BCUT2D eigenvalue weighted by molar-refractivity contribution is 7.89. The molecule has 9 nitrogen and oxygen atoms in total. The number of aliphatic hydroxyl groups excluding tert-OH is 1. The lowest BCUT2D eigenvalue weighted by Gasteiger charge is -2.31. The minimum absolute atomic E-state index is 0.0917. The third-order valence-electron chi connectivity index (χ3n) is 7.87. The molecule has 0 saturated heterocycles. The van der Waals surface area contributed by atoms with Crippen LogP contribution in [0.25, 0.3) is 0 Å². The predicted octanol–water partition coefficient (Wildman–Crippen LogP) is 3.42. The number of nitrogens with one attached hydrogen (secondary N) is 2. The maximum Gasteiger partial charge on any atom is 0.390 e. The normalized spacial score (nSPS) is 26.2. The molecule has 5 atom stereocenters. The van der Waals surface area contributed by atoms with Gasteiger partial charge in [-0.15, -0.1) is 0 Å². The molecule has 0 saturated carbocycles. The molecule has 1 aliphatic heterocycles. The molecular formula is C30H38F3N3O6S. The molecule has 3 N–H and O–H groups in total. The van der Waals surface area contributed by atoms with Crippen LogP contribution in [0.3, 0.4) is 0 Å². The lowest BCUT2D eigenvalue weighted by Crippen LogP contribution is -2.55. The van der Waals surface area contributed by atoms with Gasteiger partial charge in [-0.25, -0.2) is 8.42 Å². The summed E-state index contributed by atoms with van der Waals surface area (Å²) in [6, 6.07) is 12.6. The fourth-order valence-electron chi connectivity index (χ4n) is 5.40. The van der Waals surface area contributed by atoms with Gasteiger partial charge < -0.3 is 25.2 Å². The first kappa shape index (κ1) is 32.9. The first-order valence-corrected chi connectivity index (χ1v) is 15.7. The molecule has 0 radical (unpaired) electrons. The number of carbonyl (C=O) groups excluding carboxylic acids is 1. The standard InChI is InChI=1S/C30H38F3N3O6S/c1-36(43(39,40)15-13-30(31,32)33)26-10-6-7-14-42-28-18-24(23-17-21(41-2)11-12-22(23)28)34-19-27(37)25(35-29(26)38)16-20-8-4-3-5-9-20/h3-9,11-12,17,24-28,34,37H,10,13-16,18-19H2,1-2H3,(H,35,38)/b7-6+/t24-,25-,26-,27+,28+/m0/s1. The van der Waals surface area contributed by atoms with Crippen molar-refractivity contribution in [2.75, 3.05) is 33.1 Å². The van der Waals surface area contributed by atoms with E-state index in [-0.39, 0.29) is 38.1 Å². The lowest BCUT2D eigenvalue weighted by atomic mass is 9.99. The van der Waals surface area contributed by atoms with E-state index in [1.54, 1.807) is 19.3 Å². The Morgan fingerprint density at radius 3 is 2.56 bits per heavy atom. The van der Waals surface area contributed by atoms with Gasteiger partial charge in [-0.3, -0.25) is 4.79 Å². The van der Waals surface area contributed by atoms with Crippen molar-refractivity contribution in [2.45, 2.75) is 62.2 Å². The summed E-state index contributed by atoms with van der Waals surface area (Å²) < 4.78 is 76.5. The number of ether oxygens (including phenoxy) is 2. The van der Waals surface area contributed by atoms with Gasteiger partial charge in [-0.2, -0.15) is 17.5 Å². The molecule has 2 bridgehead atoms. The number of likely N-dealkylation sites (N-methyl/N-ethyl adjacent to an activating group) is 1. The van der Waals surface area contributed by atoms with Crippen LogP contribution in [-0.4, -0.2) is 81.2 Å². The fourth-order valence-corrected chi connectivity index (χ4v) is 6.74. The average molecular weight is 626 g/mol. The smallest absolute Gasteiger partial charge is 0.390 e. The van der Waals surface area contributed by atoms with E-state index in [0.29, 0.717) is 16.5 Å². The Hall–Kier alpha value is -2.97. The summed E-state index contributed by atoms with van der Waals surface area (Å²) in [5, 5.41) is 17.5. The number of carbonyl (C=O) groups is 1. The van der Waals surface area contributed by atoms with Crippen molar-refractivity contribution in [3.63, 3.8) is 0 Å². The number of hydrogen-bond donors (Lipinski definition) is 3. The Kier molecular flexibility index (Phi) is 10.9. The van der Waals surface area contributed by atoms with Crippen LogP contribution in [0.5, 0.6) is 5.75 Å². The number of halogens is 3. The monoisotopic (exact) mass is 625 g/mol. The van der Waals surface area contributed by atoms with Gasteiger partial charge in [0.25, 0.3) is 0 Å². The molecule has 1 amide bonds. The van der Waals surface area contributed by atoms with Crippen molar-refractivity contribution in [1.29, 1.82) is 0 Å². The van der Waals surface area contributed by atoms with Crippen molar-refractivity contribution in [1.82, 2.24) is 14.9 Å². The van der Waals surface area contributed by atoms with Crippen molar-refractivity contribution < 1.29 is 41.0 Å². The van der Waals surface area contributed by atoms with Crippen LogP contribution < -0.4 is 15.4 Å². The minimum Gasteiger partial charge on any atom is -0.497 e. The summed E-state index contributed by atoms with van der Waals surface area (Å²) in [4.78, 5) is 13.6. The molecule has 0 fully saturated rings. The van der Waals surface area contributed by atoms with Gasteiger partial charge in [0.2, 0.25) is 15.9 Å². The number of nitrogens with zero attached hydrogens (tertiary/aromatic N) is 1. The Morgan fingerprint density at radius 2 is 1.86 bits per heavy atom. The Labute approximate surface area is 250 Å². The Balaban J connectivity index is 1.63. The van der Waals surface area contributed by atoms with Crippen LogP contribution in [0.2, 0.25) is 0 Å². The van der Waals surface area contributed by atoms with E-state index < -0.39 is 52.5 Å². The van der Waals surface area contributed by atoms with Crippen LogP contribution in [-0.2, 0) is 26.0 Å². The van der Waals surface area contributed by atoms with E-state index in [9.17, 15) is 31.5 Å². The van der Waals surface area contributed by atoms with Gasteiger partial charge in [0.05, 0.1) is 44.1 Å². The van der Waals surface area contributed by atoms with Gasteiger partial charge >= 0.3 is 6.18 Å². The molecule has 0 aromatic heterocycles. The van der Waals surface area contributed by atoms with E-state index in [1.807, 2.05) is 48.5 Å². The second-order valence-corrected chi connectivity index (χ2v) is 13.0. The third kappa shape index (κ3) is 8.79. The van der Waals surface area contributed by atoms with E-state index in [4.69, 9.17) is 9.47 Å². The van der Waals surface area contributed by atoms with Crippen LogP contribution >= 0.6 is 0 Å². The van der Waals surface area contributed by atoms with Crippen molar-refractivity contribution >= 4 is 15.9 Å². The van der Waals surface area contributed by atoms with Crippen LogP contribution in [0.4, 0.5) is 13.2 Å². The molecule has 0 unspecified atom stereocenters. The first-order chi connectivity index (χ1) is 20.4. The Morgan fingerprint density at radius 1 is 1.12 bits per heavy atom. The largest absolute Gasteiger partial charge is 0.497 e. The molecule has 13 heteroatoms. The molecule has 2 aromatic carbocycles. The van der Waals surface area contributed by atoms with E-state index in [2.05, 4.69) is 10.6 Å². The van der Waals surface area contributed by atoms with Gasteiger partial charge in [0.15, 0.2) is 0 Å². The number of methoxy groups -OCH3 is 1. The molecule has 236 valence electrons. The third-order valence-corrected chi connectivity index (χ3v) is 9.73. The molecular weight excluding hydrogens is 587 g/mol. The summed E-state index contributed by atoms with van der Waals surface area (Å²) in [7, 11) is -1.76. The minimum atomic E-state index is -4.67. The number of alkyl halides is 3. The summed E-state index contributed by atoms with van der Waals surface area (Å²) in [5.74, 6) is -1.22. The fraction of sp³-hybridized carbons (Fsp3) is 0.500. The number of hydrogen-bond acceptors (Lipinski definition) is 7. The highest BCUT2D eigenvalue weighted by atomic mass is 32.2. The van der Waals surface area contributed by atoms with Gasteiger partial charge in [-0.1, -0.05) is 48.6 Å². The first-order valence-electron chi connectivity index (χ1n) is 14.1. The number of amides is 1. The van der Waals surface area contributed by atoms with Crippen LogP contribution in [0.15, 0.2) is 60.7 Å². The number of β-amino-alcohol motifs (C(OH)–C–C–N with tert-alkyl or cyclic N) is 1. The molecule has 2 aromatic rings. The topological polar surface area (TPSA) is 117 Å². The van der Waals surface area contributed by atoms with Gasteiger partial charge in [-0.05, 0) is 48.1 Å². The molecule has 0 spiro atoms.